The molecule has 0 radical (unpaired) electrons. The summed E-state index contributed by atoms with van der Waals surface area (Å²) in [5.41, 5.74) is 0.114. The minimum Gasteiger partial charge on any atom is -0.464 e. The van der Waals surface area contributed by atoms with Crippen molar-refractivity contribution in [2.45, 2.75) is 32.2 Å². The molecule has 0 bridgehead atoms. The van der Waals surface area contributed by atoms with E-state index in [9.17, 15) is 4.79 Å². The van der Waals surface area contributed by atoms with Gasteiger partial charge < -0.3 is 14.1 Å². The first-order valence-electron chi connectivity index (χ1n) is 7.41. The number of ether oxygens (including phenoxy) is 1. The quantitative estimate of drug-likeness (QED) is 0.781. The summed E-state index contributed by atoms with van der Waals surface area (Å²) in [5.74, 6) is 2.55. The number of hydrogen-bond acceptors (Lipinski definition) is 6. The Hall–Kier alpha value is -2.08. The van der Waals surface area contributed by atoms with Gasteiger partial charge in [-0.15, -0.1) is 0 Å². The number of furan rings is 1. The Kier molecular flexibility index (Phi) is 4.26. The van der Waals surface area contributed by atoms with Gasteiger partial charge in [-0.3, -0.25) is 0 Å². The molecule has 0 atom stereocenters. The van der Waals surface area contributed by atoms with E-state index < -0.39 is 5.97 Å². The fourth-order valence-electron chi connectivity index (χ4n) is 2.34. The summed E-state index contributed by atoms with van der Waals surface area (Å²) in [4.78, 5) is 22.6. The fourth-order valence-corrected chi connectivity index (χ4v) is 2.65. The minimum absolute atomic E-state index is 0.114. The smallest absolute Gasteiger partial charge is 0.358 e. The summed E-state index contributed by atoms with van der Waals surface area (Å²) in [6, 6.07) is 3.81. The average molecular weight is 336 g/mol. The third-order valence-electron chi connectivity index (χ3n) is 3.72. The molecule has 0 aromatic carbocycles. The number of hydrogen-bond donors (Lipinski definition) is 0. The number of nitrogens with zero attached hydrogens (tertiary/aromatic N) is 3. The summed E-state index contributed by atoms with van der Waals surface area (Å²) in [5, 5.41) is 0.201. The zero-order valence-electron chi connectivity index (χ0n) is 13.3. The van der Waals surface area contributed by atoms with Crippen LogP contribution in [0.2, 0.25) is 5.02 Å². The molecular weight excluding hydrogens is 318 g/mol. The van der Waals surface area contributed by atoms with Crippen LogP contribution in [0.15, 0.2) is 16.5 Å². The van der Waals surface area contributed by atoms with Crippen LogP contribution < -0.4 is 4.90 Å². The van der Waals surface area contributed by atoms with E-state index in [0.29, 0.717) is 24.1 Å². The number of aryl methyl sites for hydroxylation is 1. The van der Waals surface area contributed by atoms with Gasteiger partial charge in [0.05, 0.1) is 13.7 Å². The van der Waals surface area contributed by atoms with E-state index in [-0.39, 0.29) is 10.7 Å². The number of halogens is 1. The molecule has 3 rings (SSSR count). The molecule has 122 valence electrons. The van der Waals surface area contributed by atoms with E-state index in [4.69, 9.17) is 20.8 Å². The van der Waals surface area contributed by atoms with Crippen molar-refractivity contribution in [3.8, 4) is 0 Å². The van der Waals surface area contributed by atoms with Crippen LogP contribution in [0.25, 0.3) is 0 Å². The Balaban J connectivity index is 1.95. The molecule has 0 N–H and O–H groups in total. The first kappa shape index (κ1) is 15.8. The molecule has 6 nitrogen and oxygen atoms in total. The molecule has 2 aromatic rings. The highest BCUT2D eigenvalue weighted by Crippen LogP contribution is 2.40. The predicted molar refractivity (Wildman–Crippen MR) is 85.9 cm³/mol. The van der Waals surface area contributed by atoms with Crippen LogP contribution in [0.5, 0.6) is 0 Å². The number of anilines is 1. The van der Waals surface area contributed by atoms with Crippen LogP contribution in [-0.4, -0.2) is 30.1 Å². The number of methoxy groups -OCH3 is 1. The van der Waals surface area contributed by atoms with Crippen LogP contribution in [0.4, 0.5) is 5.82 Å². The highest BCUT2D eigenvalue weighted by molar-refractivity contribution is 6.35. The Bertz CT molecular complexity index is 740. The van der Waals surface area contributed by atoms with Crippen LogP contribution in [0, 0.1) is 6.92 Å². The molecule has 0 saturated heterocycles. The van der Waals surface area contributed by atoms with Crippen molar-refractivity contribution in [1.82, 2.24) is 9.97 Å². The lowest BCUT2D eigenvalue weighted by atomic mass is 10.3. The summed E-state index contributed by atoms with van der Waals surface area (Å²) in [6.07, 6.45) is 2.06. The molecule has 1 saturated carbocycles. The number of carbonyl (C=O) groups excluding carboxylic acids is 1. The zero-order valence-corrected chi connectivity index (χ0v) is 14.1. The van der Waals surface area contributed by atoms with Gasteiger partial charge in [-0.25, -0.2) is 14.8 Å². The molecular formula is C16H18ClN3O3. The lowest BCUT2D eigenvalue weighted by Crippen LogP contribution is -2.21. The maximum absolute atomic E-state index is 11.9. The van der Waals surface area contributed by atoms with Gasteiger partial charge >= 0.3 is 5.97 Å². The second-order valence-corrected chi connectivity index (χ2v) is 6.08. The Labute approximate surface area is 139 Å². The molecule has 1 aliphatic carbocycles. The molecule has 0 spiro atoms. The third-order valence-corrected chi connectivity index (χ3v) is 4.07. The van der Waals surface area contributed by atoms with E-state index in [1.165, 1.54) is 7.11 Å². The van der Waals surface area contributed by atoms with Crippen LogP contribution in [0.3, 0.4) is 0 Å². The lowest BCUT2D eigenvalue weighted by molar-refractivity contribution is 0.0593. The molecule has 0 unspecified atom stereocenters. The second kappa shape index (κ2) is 6.20. The largest absolute Gasteiger partial charge is 0.464 e. The van der Waals surface area contributed by atoms with Gasteiger partial charge in [0.25, 0.3) is 0 Å². The molecule has 2 heterocycles. The lowest BCUT2D eigenvalue weighted by Gasteiger charge is -2.20. The molecule has 2 aromatic heterocycles. The van der Waals surface area contributed by atoms with Crippen molar-refractivity contribution in [3.63, 3.8) is 0 Å². The van der Waals surface area contributed by atoms with Crippen LogP contribution >= 0.6 is 11.6 Å². The van der Waals surface area contributed by atoms with E-state index >= 15 is 0 Å². The molecule has 1 aliphatic rings. The van der Waals surface area contributed by atoms with Gasteiger partial charge in [0.15, 0.2) is 11.5 Å². The van der Waals surface area contributed by atoms with Crippen molar-refractivity contribution in [2.24, 2.45) is 0 Å². The number of esters is 1. The molecule has 23 heavy (non-hydrogen) atoms. The van der Waals surface area contributed by atoms with Gasteiger partial charge in [-0.2, -0.15) is 0 Å². The van der Waals surface area contributed by atoms with E-state index in [0.717, 1.165) is 24.4 Å². The highest BCUT2D eigenvalue weighted by atomic mass is 35.5. The standard InChI is InChI=1S/C16H18ClN3O3/c1-9-4-7-11(23-9)8-20(2)15-12(17)13(16(21)22-3)18-14(19-15)10-5-6-10/h4,7,10H,5-6,8H2,1-3H3. The summed E-state index contributed by atoms with van der Waals surface area (Å²) in [7, 11) is 3.16. The number of carbonyl (C=O) groups is 1. The van der Waals surface area contributed by atoms with Gasteiger partial charge in [-0.1, -0.05) is 11.6 Å². The van der Waals surface area contributed by atoms with Crippen molar-refractivity contribution in [1.29, 1.82) is 0 Å². The van der Waals surface area contributed by atoms with Crippen LogP contribution in [0.1, 0.15) is 46.6 Å². The van der Waals surface area contributed by atoms with Gasteiger partial charge in [-0.05, 0) is 31.9 Å². The first-order chi connectivity index (χ1) is 11.0. The number of rotatable bonds is 5. The maximum atomic E-state index is 11.9. The first-order valence-corrected chi connectivity index (χ1v) is 7.79. The molecule has 7 heteroatoms. The molecule has 0 aliphatic heterocycles. The van der Waals surface area contributed by atoms with Crippen molar-refractivity contribution < 1.29 is 13.9 Å². The van der Waals surface area contributed by atoms with E-state index in [2.05, 4.69) is 9.97 Å². The third kappa shape index (κ3) is 3.32. The Morgan fingerprint density at radius 3 is 2.74 bits per heavy atom. The van der Waals surface area contributed by atoms with E-state index in [1.807, 2.05) is 31.0 Å². The van der Waals surface area contributed by atoms with Crippen molar-refractivity contribution >= 4 is 23.4 Å². The maximum Gasteiger partial charge on any atom is 0.358 e. The zero-order chi connectivity index (χ0) is 16.6. The highest BCUT2D eigenvalue weighted by Gasteiger charge is 2.31. The van der Waals surface area contributed by atoms with Crippen LogP contribution in [-0.2, 0) is 11.3 Å². The van der Waals surface area contributed by atoms with Gasteiger partial charge in [0.1, 0.15) is 22.4 Å². The SMILES string of the molecule is COC(=O)c1nc(C2CC2)nc(N(C)Cc2ccc(C)o2)c1Cl. The predicted octanol–water partition coefficient (Wildman–Crippen LogP) is 3.33. The molecule has 0 amide bonds. The van der Waals surface area contributed by atoms with Gasteiger partial charge in [0, 0.05) is 13.0 Å². The summed E-state index contributed by atoms with van der Waals surface area (Å²) in [6.45, 7) is 2.39. The minimum atomic E-state index is -0.553. The average Bonchev–Trinajstić information content (AvgIpc) is 3.30. The number of aromatic nitrogens is 2. The Morgan fingerprint density at radius 2 is 2.17 bits per heavy atom. The monoisotopic (exact) mass is 335 g/mol. The topological polar surface area (TPSA) is 68.5 Å². The molecule has 1 fully saturated rings. The summed E-state index contributed by atoms with van der Waals surface area (Å²) < 4.78 is 10.4. The summed E-state index contributed by atoms with van der Waals surface area (Å²) >= 11 is 6.35. The van der Waals surface area contributed by atoms with Gasteiger partial charge in [0.2, 0.25) is 0 Å². The van der Waals surface area contributed by atoms with Crippen molar-refractivity contribution in [2.75, 3.05) is 19.1 Å². The van der Waals surface area contributed by atoms with Crippen molar-refractivity contribution in [3.05, 3.63) is 40.2 Å². The van der Waals surface area contributed by atoms with E-state index in [1.54, 1.807) is 0 Å². The normalized spacial score (nSPS) is 13.9. The fraction of sp³-hybridized carbons (Fsp3) is 0.438. The second-order valence-electron chi connectivity index (χ2n) is 5.70. The Morgan fingerprint density at radius 1 is 1.43 bits per heavy atom.